The molecule has 3 rings (SSSR count). The van der Waals surface area contributed by atoms with E-state index in [-0.39, 0.29) is 12.0 Å². The van der Waals surface area contributed by atoms with Gasteiger partial charge in [-0.05, 0) is 48.4 Å². The molecule has 0 amide bonds. The topological polar surface area (TPSA) is 43.4 Å². The smallest absolute Gasteiger partial charge is 0.195 e. The van der Waals surface area contributed by atoms with Gasteiger partial charge in [0.15, 0.2) is 5.78 Å². The molecule has 0 saturated carbocycles. The first-order chi connectivity index (χ1) is 13.1. The number of ether oxygens (including phenoxy) is 1. The molecule has 0 fully saturated rings. The van der Waals surface area contributed by atoms with Crippen LogP contribution < -0.4 is 4.74 Å². The number of hydrogen-bond acceptors (Lipinski definition) is 3. The van der Waals surface area contributed by atoms with Crippen molar-refractivity contribution in [2.24, 2.45) is 0 Å². The van der Waals surface area contributed by atoms with E-state index in [4.69, 9.17) is 4.74 Å². The highest BCUT2D eigenvalue weighted by Gasteiger charge is 2.16. The maximum Gasteiger partial charge on any atom is 0.195 e. The number of carbonyl (C=O) groups excluding carboxylic acids is 2. The molecule has 0 radical (unpaired) electrons. The Bertz CT molecular complexity index is 965. The Morgan fingerprint density at radius 2 is 1.81 bits per heavy atom. The van der Waals surface area contributed by atoms with Gasteiger partial charge in [-0.15, -0.1) is 0 Å². The van der Waals surface area contributed by atoms with Crippen LogP contribution in [0, 0.1) is 12.7 Å². The van der Waals surface area contributed by atoms with Crippen LogP contribution in [0.4, 0.5) is 4.39 Å². The van der Waals surface area contributed by atoms with Crippen molar-refractivity contribution in [2.75, 3.05) is 0 Å². The zero-order valence-corrected chi connectivity index (χ0v) is 14.9. The van der Waals surface area contributed by atoms with Gasteiger partial charge in [0.25, 0.3) is 0 Å². The van der Waals surface area contributed by atoms with Crippen LogP contribution in [0.15, 0.2) is 66.7 Å². The predicted octanol–water partition coefficient (Wildman–Crippen LogP) is 4.69. The van der Waals surface area contributed by atoms with Gasteiger partial charge in [-0.3, -0.25) is 4.79 Å². The number of ketones is 1. The molecular weight excluding hydrogens is 343 g/mol. The molecule has 4 heteroatoms. The zero-order valence-electron chi connectivity index (χ0n) is 14.9. The Kier molecular flexibility index (Phi) is 5.77. The van der Waals surface area contributed by atoms with Crippen molar-refractivity contribution in [1.82, 2.24) is 0 Å². The fraction of sp³-hybridized carbons (Fsp3) is 0.130. The van der Waals surface area contributed by atoms with Crippen LogP contribution in [0.1, 0.15) is 32.6 Å². The first-order valence-corrected chi connectivity index (χ1v) is 8.62. The summed E-state index contributed by atoms with van der Waals surface area (Å²) in [6.45, 7) is 2.12. The highest BCUT2D eigenvalue weighted by Crippen LogP contribution is 2.24. The number of carbonyl (C=O) groups is 2. The minimum Gasteiger partial charge on any atom is -0.489 e. The maximum absolute atomic E-state index is 14.1. The molecule has 0 aliphatic heterocycles. The largest absolute Gasteiger partial charge is 0.489 e. The molecule has 0 saturated heterocycles. The first-order valence-electron chi connectivity index (χ1n) is 8.62. The average Bonchev–Trinajstić information content (AvgIpc) is 2.67. The summed E-state index contributed by atoms with van der Waals surface area (Å²) in [4.78, 5) is 23.7. The van der Waals surface area contributed by atoms with Crippen LogP contribution in [0.3, 0.4) is 0 Å². The SMILES string of the molecule is Cc1ccc(C(=O)c2ccc(OCc3ccccc3)c(CC=O)c2)c(F)c1. The van der Waals surface area contributed by atoms with Gasteiger partial charge in [0.05, 0.1) is 5.56 Å². The van der Waals surface area contributed by atoms with Crippen molar-refractivity contribution in [3.8, 4) is 5.75 Å². The van der Waals surface area contributed by atoms with Gasteiger partial charge in [0, 0.05) is 17.5 Å². The third kappa shape index (κ3) is 4.47. The number of aldehydes is 1. The minimum atomic E-state index is -0.554. The number of hydrogen-bond donors (Lipinski definition) is 0. The normalized spacial score (nSPS) is 10.4. The van der Waals surface area contributed by atoms with Crippen LogP contribution in [-0.2, 0) is 17.8 Å². The maximum atomic E-state index is 14.1. The van der Waals surface area contributed by atoms with E-state index >= 15 is 0 Å². The second-order valence-corrected chi connectivity index (χ2v) is 6.28. The lowest BCUT2D eigenvalue weighted by Gasteiger charge is -2.12. The molecule has 0 aliphatic rings. The molecule has 27 heavy (non-hydrogen) atoms. The minimum absolute atomic E-state index is 0.00982. The third-order valence-corrected chi connectivity index (χ3v) is 4.23. The standard InChI is InChI=1S/C23H19FO3/c1-16-7-9-20(21(24)13-16)23(26)19-8-10-22(18(14-19)11-12-25)27-15-17-5-3-2-4-6-17/h2-10,12-14H,11,15H2,1H3. The molecule has 0 aliphatic carbocycles. The van der Waals surface area contributed by atoms with Crippen LogP contribution in [0.5, 0.6) is 5.75 Å². The van der Waals surface area contributed by atoms with E-state index in [1.54, 1.807) is 31.2 Å². The van der Waals surface area contributed by atoms with Crippen LogP contribution >= 0.6 is 0 Å². The lowest BCUT2D eigenvalue weighted by Crippen LogP contribution is -2.07. The van der Waals surface area contributed by atoms with E-state index in [1.807, 2.05) is 30.3 Å². The van der Waals surface area contributed by atoms with Gasteiger partial charge < -0.3 is 9.53 Å². The molecule has 0 heterocycles. The quantitative estimate of drug-likeness (QED) is 0.452. The molecule has 0 atom stereocenters. The van der Waals surface area contributed by atoms with Gasteiger partial charge in [-0.1, -0.05) is 36.4 Å². The average molecular weight is 362 g/mol. The number of benzene rings is 3. The second kappa shape index (κ2) is 8.41. The summed E-state index contributed by atoms with van der Waals surface area (Å²) in [5, 5.41) is 0. The monoisotopic (exact) mass is 362 g/mol. The Morgan fingerprint density at radius 3 is 2.52 bits per heavy atom. The van der Waals surface area contributed by atoms with E-state index in [2.05, 4.69) is 0 Å². The Labute approximate surface area is 157 Å². The molecule has 3 aromatic carbocycles. The highest BCUT2D eigenvalue weighted by atomic mass is 19.1. The molecular formula is C23H19FO3. The van der Waals surface area contributed by atoms with Crippen molar-refractivity contribution < 1.29 is 18.7 Å². The van der Waals surface area contributed by atoms with Crippen molar-refractivity contribution in [3.05, 3.63) is 100 Å². The Balaban J connectivity index is 1.86. The highest BCUT2D eigenvalue weighted by molar-refractivity contribution is 6.09. The third-order valence-electron chi connectivity index (χ3n) is 4.23. The lowest BCUT2D eigenvalue weighted by atomic mass is 9.98. The summed E-state index contributed by atoms with van der Waals surface area (Å²) < 4.78 is 19.9. The number of aryl methyl sites for hydroxylation is 1. The molecule has 3 nitrogen and oxygen atoms in total. The van der Waals surface area contributed by atoms with Crippen molar-refractivity contribution in [1.29, 1.82) is 0 Å². The number of halogens is 1. The van der Waals surface area contributed by atoms with Gasteiger partial charge in [-0.2, -0.15) is 0 Å². The summed E-state index contributed by atoms with van der Waals surface area (Å²) in [5.74, 6) is -0.442. The van der Waals surface area contributed by atoms with E-state index < -0.39 is 11.6 Å². The van der Waals surface area contributed by atoms with Gasteiger partial charge >= 0.3 is 0 Å². The van der Waals surface area contributed by atoms with E-state index in [9.17, 15) is 14.0 Å². The van der Waals surface area contributed by atoms with Crippen molar-refractivity contribution >= 4 is 12.1 Å². The Morgan fingerprint density at radius 1 is 1.04 bits per heavy atom. The van der Waals surface area contributed by atoms with E-state index in [0.29, 0.717) is 23.5 Å². The molecule has 0 N–H and O–H groups in total. The summed E-state index contributed by atoms with van der Waals surface area (Å²) >= 11 is 0. The number of rotatable bonds is 7. The Hall–Kier alpha value is -3.27. The molecule has 0 unspecified atom stereocenters. The van der Waals surface area contributed by atoms with Gasteiger partial charge in [0.2, 0.25) is 0 Å². The molecule has 3 aromatic rings. The van der Waals surface area contributed by atoms with Gasteiger partial charge in [-0.25, -0.2) is 4.39 Å². The second-order valence-electron chi connectivity index (χ2n) is 6.28. The van der Waals surface area contributed by atoms with Crippen molar-refractivity contribution in [2.45, 2.75) is 20.0 Å². The van der Waals surface area contributed by atoms with Crippen molar-refractivity contribution in [3.63, 3.8) is 0 Å². The molecule has 0 spiro atoms. The zero-order chi connectivity index (χ0) is 19.2. The van der Waals surface area contributed by atoms with Crippen LogP contribution in [-0.4, -0.2) is 12.1 Å². The van der Waals surface area contributed by atoms with E-state index in [0.717, 1.165) is 17.4 Å². The molecule has 136 valence electrons. The van der Waals surface area contributed by atoms with Crippen LogP contribution in [0.25, 0.3) is 0 Å². The fourth-order valence-corrected chi connectivity index (χ4v) is 2.81. The van der Waals surface area contributed by atoms with Gasteiger partial charge in [0.1, 0.15) is 24.5 Å². The molecule has 0 bridgehead atoms. The predicted molar refractivity (Wildman–Crippen MR) is 102 cm³/mol. The van der Waals surface area contributed by atoms with Crippen LogP contribution in [0.2, 0.25) is 0 Å². The summed E-state index contributed by atoms with van der Waals surface area (Å²) in [7, 11) is 0. The summed E-state index contributed by atoms with van der Waals surface area (Å²) in [5.41, 5.74) is 2.67. The first kappa shape index (κ1) is 18.5. The fourth-order valence-electron chi connectivity index (χ4n) is 2.81. The summed E-state index contributed by atoms with van der Waals surface area (Å²) in [6.07, 6.45) is 0.868. The molecule has 0 aromatic heterocycles. The van der Waals surface area contributed by atoms with E-state index in [1.165, 1.54) is 12.1 Å². The lowest BCUT2D eigenvalue weighted by molar-refractivity contribution is -0.107. The summed E-state index contributed by atoms with van der Waals surface area (Å²) in [6, 6.07) is 19.0.